The highest BCUT2D eigenvalue weighted by molar-refractivity contribution is 8.03. The smallest absolute Gasteiger partial charge is 0.272 e. The van der Waals surface area contributed by atoms with E-state index in [0.29, 0.717) is 17.0 Å². The molecule has 20 heavy (non-hydrogen) atoms. The molecular formula is C14H9N3O2S. The van der Waals surface area contributed by atoms with Crippen molar-refractivity contribution in [3.05, 3.63) is 48.4 Å². The minimum atomic E-state index is -0.239. The zero-order valence-corrected chi connectivity index (χ0v) is 11.0. The topological polar surface area (TPSA) is 81.8 Å². The molecule has 1 aromatic carbocycles. The summed E-state index contributed by atoms with van der Waals surface area (Å²) in [6, 6.07) is 10.5. The Bertz CT molecular complexity index is 767. The number of aromatic nitrogens is 1. The molecule has 0 aliphatic heterocycles. The van der Waals surface area contributed by atoms with Crippen molar-refractivity contribution in [1.82, 2.24) is 4.98 Å². The van der Waals surface area contributed by atoms with Gasteiger partial charge in [-0.15, -0.1) is 0 Å². The van der Waals surface area contributed by atoms with Gasteiger partial charge in [0.2, 0.25) is 0 Å². The molecule has 98 valence electrons. The SMILES string of the molecule is N#CSc1ccc(NC(=O)c2cc3occc3[nH]2)cc1. The van der Waals surface area contributed by atoms with Crippen molar-refractivity contribution >= 4 is 34.5 Å². The lowest BCUT2D eigenvalue weighted by Gasteiger charge is -2.03. The van der Waals surface area contributed by atoms with E-state index in [0.717, 1.165) is 22.2 Å². The van der Waals surface area contributed by atoms with E-state index in [-0.39, 0.29) is 5.91 Å². The molecule has 5 nitrogen and oxygen atoms in total. The lowest BCUT2D eigenvalue weighted by atomic mass is 10.3. The lowest BCUT2D eigenvalue weighted by Crippen LogP contribution is -2.12. The van der Waals surface area contributed by atoms with Crippen LogP contribution in [0, 0.1) is 10.7 Å². The number of aromatic amines is 1. The quantitative estimate of drug-likeness (QED) is 0.568. The first-order valence-corrected chi connectivity index (χ1v) is 6.61. The number of thiocyanates is 1. The molecule has 1 amide bonds. The van der Waals surface area contributed by atoms with Crippen molar-refractivity contribution < 1.29 is 9.21 Å². The van der Waals surface area contributed by atoms with Crippen LogP contribution >= 0.6 is 11.8 Å². The highest BCUT2D eigenvalue weighted by atomic mass is 32.2. The Hall–Kier alpha value is -2.65. The number of anilines is 1. The van der Waals surface area contributed by atoms with Crippen LogP contribution in [0.4, 0.5) is 5.69 Å². The third-order valence-electron chi connectivity index (χ3n) is 2.76. The molecule has 2 aromatic heterocycles. The van der Waals surface area contributed by atoms with Crippen molar-refractivity contribution in [2.75, 3.05) is 5.32 Å². The number of nitriles is 1. The van der Waals surface area contributed by atoms with Crippen molar-refractivity contribution in [1.29, 1.82) is 5.26 Å². The summed E-state index contributed by atoms with van der Waals surface area (Å²) in [6.07, 6.45) is 1.56. The number of furan rings is 1. The molecule has 0 aliphatic rings. The second-order valence-electron chi connectivity index (χ2n) is 4.05. The molecule has 0 atom stereocenters. The number of carbonyl (C=O) groups is 1. The molecular weight excluding hydrogens is 274 g/mol. The number of fused-ring (bicyclic) bond motifs is 1. The normalized spacial score (nSPS) is 10.3. The van der Waals surface area contributed by atoms with Crippen LogP contribution in [-0.4, -0.2) is 10.9 Å². The number of hydrogen-bond donors (Lipinski definition) is 2. The summed E-state index contributed by atoms with van der Waals surface area (Å²) in [5.74, 6) is -0.239. The van der Waals surface area contributed by atoms with Crippen LogP contribution in [-0.2, 0) is 0 Å². The minimum absolute atomic E-state index is 0.239. The third-order valence-corrected chi connectivity index (χ3v) is 3.36. The molecule has 0 fully saturated rings. The first kappa shape index (κ1) is 12.4. The van der Waals surface area contributed by atoms with Crippen molar-refractivity contribution in [3.63, 3.8) is 0 Å². The van der Waals surface area contributed by atoms with Gasteiger partial charge in [-0.1, -0.05) is 0 Å². The summed E-state index contributed by atoms with van der Waals surface area (Å²) in [5, 5.41) is 13.3. The van der Waals surface area contributed by atoms with Gasteiger partial charge >= 0.3 is 0 Å². The summed E-state index contributed by atoms with van der Waals surface area (Å²) >= 11 is 1.08. The van der Waals surface area contributed by atoms with Gasteiger partial charge in [0.05, 0.1) is 11.8 Å². The maximum atomic E-state index is 12.1. The second-order valence-corrected chi connectivity index (χ2v) is 4.91. The molecule has 3 aromatic rings. The Morgan fingerprint density at radius 1 is 1.30 bits per heavy atom. The minimum Gasteiger partial charge on any atom is -0.463 e. The molecule has 0 saturated carbocycles. The fraction of sp³-hybridized carbons (Fsp3) is 0. The van der Waals surface area contributed by atoms with Crippen LogP contribution in [0.25, 0.3) is 11.1 Å². The molecule has 0 aliphatic carbocycles. The summed E-state index contributed by atoms with van der Waals surface area (Å²) < 4.78 is 5.20. The van der Waals surface area contributed by atoms with Crippen LogP contribution in [0.2, 0.25) is 0 Å². The maximum Gasteiger partial charge on any atom is 0.272 e. The number of nitrogens with zero attached hydrogens (tertiary/aromatic N) is 1. The van der Waals surface area contributed by atoms with E-state index in [4.69, 9.17) is 9.68 Å². The number of H-pyrrole nitrogens is 1. The van der Waals surface area contributed by atoms with Gasteiger partial charge in [0.1, 0.15) is 11.1 Å². The van der Waals surface area contributed by atoms with Crippen LogP contribution in [0.1, 0.15) is 10.5 Å². The van der Waals surface area contributed by atoms with Crippen LogP contribution in [0.15, 0.2) is 52.0 Å². The monoisotopic (exact) mass is 283 g/mol. The predicted molar refractivity (Wildman–Crippen MR) is 76.4 cm³/mol. The fourth-order valence-corrected chi connectivity index (χ4v) is 2.21. The Morgan fingerprint density at radius 2 is 2.10 bits per heavy atom. The van der Waals surface area contributed by atoms with Gasteiger partial charge in [-0.2, -0.15) is 5.26 Å². The van der Waals surface area contributed by atoms with Gasteiger partial charge in [0.25, 0.3) is 5.91 Å². The molecule has 0 unspecified atom stereocenters. The number of benzene rings is 1. The van der Waals surface area contributed by atoms with Crippen LogP contribution < -0.4 is 5.32 Å². The number of nitrogens with one attached hydrogen (secondary N) is 2. The van der Waals surface area contributed by atoms with E-state index in [1.165, 1.54) is 0 Å². The number of hydrogen-bond acceptors (Lipinski definition) is 4. The number of carbonyl (C=O) groups excluding carboxylic acids is 1. The highest BCUT2D eigenvalue weighted by Gasteiger charge is 2.11. The Balaban J connectivity index is 1.75. The summed E-state index contributed by atoms with van der Waals surface area (Å²) in [7, 11) is 0. The van der Waals surface area contributed by atoms with Crippen molar-refractivity contribution in [2.45, 2.75) is 4.90 Å². The average Bonchev–Trinajstić information content (AvgIpc) is 3.02. The zero-order chi connectivity index (χ0) is 13.9. The van der Waals surface area contributed by atoms with Gasteiger partial charge in [0, 0.05) is 22.7 Å². The predicted octanol–water partition coefficient (Wildman–Crippen LogP) is 3.59. The molecule has 6 heteroatoms. The Labute approximate surface area is 118 Å². The standard InChI is InChI=1S/C14H9N3O2S/c15-8-20-10-3-1-9(2-4-10)16-14(18)12-7-13-11(17-12)5-6-19-13/h1-7,17H,(H,16,18). The largest absolute Gasteiger partial charge is 0.463 e. The summed E-state index contributed by atoms with van der Waals surface area (Å²) in [4.78, 5) is 15.9. The Morgan fingerprint density at radius 3 is 2.80 bits per heavy atom. The van der Waals surface area contributed by atoms with Crippen molar-refractivity contribution in [3.8, 4) is 5.40 Å². The summed E-state index contributed by atoms with van der Waals surface area (Å²) in [5.41, 5.74) is 2.55. The molecule has 0 saturated heterocycles. The summed E-state index contributed by atoms with van der Waals surface area (Å²) in [6.45, 7) is 0. The van der Waals surface area contributed by atoms with E-state index in [1.54, 1.807) is 42.7 Å². The molecule has 2 heterocycles. The first-order chi connectivity index (χ1) is 9.76. The lowest BCUT2D eigenvalue weighted by molar-refractivity contribution is 0.102. The number of thioether (sulfide) groups is 1. The first-order valence-electron chi connectivity index (χ1n) is 5.80. The Kier molecular flexibility index (Phi) is 3.19. The van der Waals surface area contributed by atoms with E-state index >= 15 is 0 Å². The van der Waals surface area contributed by atoms with Gasteiger partial charge in [-0.3, -0.25) is 4.79 Å². The fourth-order valence-electron chi connectivity index (χ4n) is 1.83. The van der Waals surface area contributed by atoms with Crippen LogP contribution in [0.3, 0.4) is 0 Å². The molecule has 0 radical (unpaired) electrons. The molecule has 3 rings (SSSR count). The van der Waals surface area contributed by atoms with E-state index < -0.39 is 0 Å². The highest BCUT2D eigenvalue weighted by Crippen LogP contribution is 2.20. The van der Waals surface area contributed by atoms with Gasteiger partial charge < -0.3 is 14.7 Å². The molecule has 2 N–H and O–H groups in total. The second kappa shape index (κ2) is 5.15. The van der Waals surface area contributed by atoms with E-state index in [9.17, 15) is 4.79 Å². The van der Waals surface area contributed by atoms with Gasteiger partial charge in [-0.05, 0) is 36.0 Å². The maximum absolute atomic E-state index is 12.1. The zero-order valence-electron chi connectivity index (χ0n) is 10.2. The third kappa shape index (κ3) is 2.39. The molecule has 0 bridgehead atoms. The number of rotatable bonds is 3. The van der Waals surface area contributed by atoms with Crippen molar-refractivity contribution in [2.24, 2.45) is 0 Å². The number of amides is 1. The van der Waals surface area contributed by atoms with Gasteiger partial charge in [0.15, 0.2) is 5.58 Å². The van der Waals surface area contributed by atoms with E-state index in [2.05, 4.69) is 10.3 Å². The molecule has 0 spiro atoms. The van der Waals surface area contributed by atoms with Gasteiger partial charge in [-0.25, -0.2) is 0 Å². The van der Waals surface area contributed by atoms with E-state index in [1.807, 2.05) is 5.40 Å². The van der Waals surface area contributed by atoms with Crippen LogP contribution in [0.5, 0.6) is 0 Å². The average molecular weight is 283 g/mol.